The molecule has 1 atom stereocenters. The molecule has 0 aliphatic rings. The lowest BCUT2D eigenvalue weighted by Crippen LogP contribution is -2.32. The summed E-state index contributed by atoms with van der Waals surface area (Å²) in [6, 6.07) is -0.514. The highest BCUT2D eigenvalue weighted by molar-refractivity contribution is 5.92. The van der Waals surface area contributed by atoms with Crippen LogP contribution in [0.2, 0.25) is 0 Å². The van der Waals surface area contributed by atoms with E-state index in [1.54, 1.807) is 19.3 Å². The molecule has 11 heavy (non-hydrogen) atoms. The lowest BCUT2D eigenvalue weighted by Gasteiger charge is -2.03. The molecule has 5 nitrogen and oxygen atoms in total. The monoisotopic (exact) mass is 154 g/mol. The molecule has 1 aromatic rings. The molecule has 4 N–H and O–H groups in total. The van der Waals surface area contributed by atoms with Gasteiger partial charge in [-0.25, -0.2) is 4.98 Å². The number of nitrogens with one attached hydrogen (secondary N) is 2. The Labute approximate surface area is 64.0 Å². The largest absolute Gasteiger partial charge is 0.331 e. The maximum Gasteiger partial charge on any atom is 0.243 e. The summed E-state index contributed by atoms with van der Waals surface area (Å²) in [6.07, 6.45) is 3.17. The van der Waals surface area contributed by atoms with Crippen LogP contribution in [0.5, 0.6) is 0 Å². The van der Waals surface area contributed by atoms with Gasteiger partial charge in [-0.1, -0.05) is 0 Å². The average Bonchev–Trinajstić information content (AvgIpc) is 2.39. The van der Waals surface area contributed by atoms with E-state index in [2.05, 4.69) is 15.3 Å². The first-order valence-electron chi connectivity index (χ1n) is 3.26. The van der Waals surface area contributed by atoms with Crippen molar-refractivity contribution in [3.63, 3.8) is 0 Å². The summed E-state index contributed by atoms with van der Waals surface area (Å²) >= 11 is 0. The number of aromatic amines is 1. The number of nitrogens with two attached hydrogens (primary N) is 1. The molecule has 1 amide bonds. The minimum absolute atomic E-state index is 0.250. The van der Waals surface area contributed by atoms with Gasteiger partial charge < -0.3 is 10.7 Å². The van der Waals surface area contributed by atoms with Gasteiger partial charge in [0, 0.05) is 12.4 Å². The first-order valence-corrected chi connectivity index (χ1v) is 3.26. The predicted octanol–water partition coefficient (Wildman–Crippen LogP) is -0.305. The van der Waals surface area contributed by atoms with Crippen molar-refractivity contribution in [3.05, 3.63) is 12.4 Å². The number of nitrogens with zero attached hydrogens (tertiary/aromatic N) is 1. The third kappa shape index (κ3) is 2.05. The SMILES string of the molecule is CC(N)C(=O)Nc1ncc[nH]1. The average molecular weight is 154 g/mol. The fourth-order valence-corrected chi connectivity index (χ4v) is 0.564. The Hall–Kier alpha value is -1.36. The smallest absolute Gasteiger partial charge is 0.243 e. The van der Waals surface area contributed by atoms with E-state index in [1.165, 1.54) is 0 Å². The number of carbonyl (C=O) groups excluding carboxylic acids is 1. The van der Waals surface area contributed by atoms with Gasteiger partial charge in [-0.2, -0.15) is 0 Å². The van der Waals surface area contributed by atoms with E-state index in [-0.39, 0.29) is 5.91 Å². The van der Waals surface area contributed by atoms with Crippen LogP contribution in [0.4, 0.5) is 5.95 Å². The summed E-state index contributed by atoms with van der Waals surface area (Å²) < 4.78 is 0. The molecule has 0 saturated heterocycles. The van der Waals surface area contributed by atoms with Crippen LogP contribution in [-0.4, -0.2) is 21.9 Å². The van der Waals surface area contributed by atoms with E-state index in [4.69, 9.17) is 5.73 Å². The number of amides is 1. The zero-order valence-electron chi connectivity index (χ0n) is 6.16. The van der Waals surface area contributed by atoms with Crippen molar-refractivity contribution in [1.82, 2.24) is 9.97 Å². The molecule has 0 radical (unpaired) electrons. The molecular weight excluding hydrogens is 144 g/mol. The third-order valence-electron chi connectivity index (χ3n) is 1.15. The molecule has 0 aromatic carbocycles. The fraction of sp³-hybridized carbons (Fsp3) is 0.333. The van der Waals surface area contributed by atoms with Crippen LogP contribution in [0.15, 0.2) is 12.4 Å². The summed E-state index contributed by atoms with van der Waals surface area (Å²) in [7, 11) is 0. The van der Waals surface area contributed by atoms with Crippen molar-refractivity contribution >= 4 is 11.9 Å². The van der Waals surface area contributed by atoms with Gasteiger partial charge in [0.15, 0.2) is 0 Å². The molecule has 0 bridgehead atoms. The maximum absolute atomic E-state index is 10.9. The highest BCUT2D eigenvalue weighted by Crippen LogP contribution is 1.94. The fourth-order valence-electron chi connectivity index (χ4n) is 0.564. The molecule has 60 valence electrons. The number of anilines is 1. The maximum atomic E-state index is 10.9. The van der Waals surface area contributed by atoms with Gasteiger partial charge in [0.2, 0.25) is 11.9 Å². The molecule has 1 heterocycles. The van der Waals surface area contributed by atoms with E-state index in [0.29, 0.717) is 5.95 Å². The summed E-state index contributed by atoms with van der Waals surface area (Å²) in [5.41, 5.74) is 5.30. The van der Waals surface area contributed by atoms with Crippen LogP contribution in [0.3, 0.4) is 0 Å². The Bertz CT molecular complexity index is 229. The number of hydrogen-bond acceptors (Lipinski definition) is 3. The van der Waals surface area contributed by atoms with Gasteiger partial charge >= 0.3 is 0 Å². The minimum atomic E-state index is -0.514. The summed E-state index contributed by atoms with van der Waals surface area (Å²) in [6.45, 7) is 1.61. The number of aromatic nitrogens is 2. The van der Waals surface area contributed by atoms with Gasteiger partial charge in [0.05, 0.1) is 6.04 Å². The Balaban J connectivity index is 2.50. The van der Waals surface area contributed by atoms with Crippen LogP contribution in [0, 0.1) is 0 Å². The van der Waals surface area contributed by atoms with E-state index in [0.717, 1.165) is 0 Å². The van der Waals surface area contributed by atoms with E-state index >= 15 is 0 Å². The van der Waals surface area contributed by atoms with Gasteiger partial charge in [0.1, 0.15) is 0 Å². The minimum Gasteiger partial charge on any atom is -0.331 e. The van der Waals surface area contributed by atoms with Crippen LogP contribution >= 0.6 is 0 Å². The van der Waals surface area contributed by atoms with Crippen molar-refractivity contribution in [2.75, 3.05) is 5.32 Å². The molecule has 0 aliphatic heterocycles. The van der Waals surface area contributed by atoms with Crippen LogP contribution in [0.1, 0.15) is 6.92 Å². The van der Waals surface area contributed by atoms with Crippen molar-refractivity contribution in [3.8, 4) is 0 Å². The topological polar surface area (TPSA) is 83.8 Å². The summed E-state index contributed by atoms with van der Waals surface area (Å²) in [5.74, 6) is 0.173. The Morgan fingerprint density at radius 1 is 1.91 bits per heavy atom. The van der Waals surface area contributed by atoms with Crippen LogP contribution < -0.4 is 11.1 Å². The van der Waals surface area contributed by atoms with Gasteiger partial charge in [-0.05, 0) is 6.92 Å². The lowest BCUT2D eigenvalue weighted by molar-refractivity contribution is -0.117. The number of H-pyrrole nitrogens is 1. The number of hydrogen-bond donors (Lipinski definition) is 3. The van der Waals surface area contributed by atoms with Crippen LogP contribution in [0.25, 0.3) is 0 Å². The van der Waals surface area contributed by atoms with Gasteiger partial charge in [0.25, 0.3) is 0 Å². The highest BCUT2D eigenvalue weighted by atomic mass is 16.2. The van der Waals surface area contributed by atoms with E-state index in [1.807, 2.05) is 0 Å². The predicted molar refractivity (Wildman–Crippen MR) is 40.9 cm³/mol. The molecule has 5 heteroatoms. The molecule has 0 saturated carbocycles. The molecule has 0 fully saturated rings. The third-order valence-corrected chi connectivity index (χ3v) is 1.15. The molecular formula is C6H10N4O. The van der Waals surface area contributed by atoms with E-state index < -0.39 is 6.04 Å². The first kappa shape index (κ1) is 7.74. The normalized spacial score (nSPS) is 12.5. The number of carbonyl (C=O) groups is 1. The Morgan fingerprint density at radius 2 is 2.64 bits per heavy atom. The zero-order chi connectivity index (χ0) is 8.27. The molecule has 0 aliphatic carbocycles. The second kappa shape index (κ2) is 3.16. The quantitative estimate of drug-likeness (QED) is 0.546. The number of rotatable bonds is 2. The molecule has 1 rings (SSSR count). The Kier molecular flexibility index (Phi) is 2.22. The van der Waals surface area contributed by atoms with Crippen molar-refractivity contribution in [2.45, 2.75) is 13.0 Å². The zero-order valence-corrected chi connectivity index (χ0v) is 6.16. The van der Waals surface area contributed by atoms with E-state index in [9.17, 15) is 4.79 Å². The lowest BCUT2D eigenvalue weighted by atomic mass is 10.3. The standard InChI is InChI=1S/C6H10N4O/c1-4(7)5(11)10-6-8-2-3-9-6/h2-4H,7H2,1H3,(H2,8,9,10,11). The van der Waals surface area contributed by atoms with Crippen molar-refractivity contribution in [2.24, 2.45) is 5.73 Å². The molecule has 1 unspecified atom stereocenters. The van der Waals surface area contributed by atoms with Crippen molar-refractivity contribution in [1.29, 1.82) is 0 Å². The van der Waals surface area contributed by atoms with Gasteiger partial charge in [-0.15, -0.1) is 0 Å². The second-order valence-corrected chi connectivity index (χ2v) is 2.22. The second-order valence-electron chi connectivity index (χ2n) is 2.22. The summed E-state index contributed by atoms with van der Waals surface area (Å²) in [4.78, 5) is 17.4. The van der Waals surface area contributed by atoms with Crippen molar-refractivity contribution < 1.29 is 4.79 Å². The first-order chi connectivity index (χ1) is 5.20. The molecule has 0 spiro atoms. The van der Waals surface area contributed by atoms with Crippen LogP contribution in [-0.2, 0) is 4.79 Å². The summed E-state index contributed by atoms with van der Waals surface area (Å²) in [5, 5.41) is 2.49. The Morgan fingerprint density at radius 3 is 3.09 bits per heavy atom. The van der Waals surface area contributed by atoms with Gasteiger partial charge in [-0.3, -0.25) is 10.1 Å². The highest BCUT2D eigenvalue weighted by Gasteiger charge is 2.07. The molecule has 1 aromatic heterocycles. The number of imidazole rings is 1.